The van der Waals surface area contributed by atoms with Crippen LogP contribution < -0.4 is 26.0 Å². The first kappa shape index (κ1) is 22.3. The highest BCUT2D eigenvalue weighted by Crippen LogP contribution is 2.14. The number of ether oxygens (including phenoxy) is 1. The molecule has 0 heterocycles. The second-order valence-electron chi connectivity index (χ2n) is 5.99. The average molecular weight is 431 g/mol. The Morgan fingerprint density at radius 1 is 0.862 bits per heavy atom. The van der Waals surface area contributed by atoms with Crippen LogP contribution in [0.5, 0.6) is 5.75 Å². The number of carbonyl (C=O) groups excluding carboxylic acids is 2. The lowest BCUT2D eigenvalue weighted by Crippen LogP contribution is -2.34. The van der Waals surface area contributed by atoms with E-state index in [-0.39, 0.29) is 22.0 Å². The number of anilines is 2. The molecule has 0 saturated heterocycles. The summed E-state index contributed by atoms with van der Waals surface area (Å²) in [4.78, 5) is 23.3. The molecule has 2 amide bonds. The van der Waals surface area contributed by atoms with Gasteiger partial charge >= 0.3 is 0 Å². The molecule has 0 radical (unpaired) electrons. The summed E-state index contributed by atoms with van der Waals surface area (Å²) in [6.07, 6.45) is 0.918. The number of nitrogens with one attached hydrogen (secondary N) is 4. The van der Waals surface area contributed by atoms with Gasteiger partial charge in [0, 0.05) is 23.9 Å². The molecule has 0 spiro atoms. The lowest BCUT2D eigenvalue weighted by molar-refractivity contribution is -0.117. The van der Waals surface area contributed by atoms with E-state index in [0.29, 0.717) is 23.5 Å². The molecule has 0 aliphatic carbocycles. The predicted molar refractivity (Wildman–Crippen MR) is 122 cm³/mol. The van der Waals surface area contributed by atoms with Gasteiger partial charge in [-0.05, 0) is 79.4 Å². The molecule has 2 aromatic rings. The van der Waals surface area contributed by atoms with Gasteiger partial charge in [-0.2, -0.15) is 0 Å². The summed E-state index contributed by atoms with van der Waals surface area (Å²) in [5.74, 6) is 0.157. The maximum atomic E-state index is 12.3. The molecule has 0 aliphatic rings. The Morgan fingerprint density at radius 3 is 1.86 bits per heavy atom. The van der Waals surface area contributed by atoms with Gasteiger partial charge in [-0.3, -0.25) is 14.9 Å². The Bertz CT molecular complexity index is 884. The van der Waals surface area contributed by atoms with Gasteiger partial charge in [0.2, 0.25) is 5.91 Å². The average Bonchev–Trinajstić information content (AvgIpc) is 2.67. The summed E-state index contributed by atoms with van der Waals surface area (Å²) in [6.45, 7) is 4.04. The lowest BCUT2D eigenvalue weighted by Gasteiger charge is -2.12. The molecule has 0 aromatic heterocycles. The molecule has 4 N–H and O–H groups in total. The Kier molecular flexibility index (Phi) is 8.50. The van der Waals surface area contributed by atoms with Gasteiger partial charge in [-0.1, -0.05) is 6.92 Å². The largest absolute Gasteiger partial charge is 0.494 e. The molecule has 0 saturated carbocycles. The fourth-order valence-corrected chi connectivity index (χ4v) is 2.69. The minimum absolute atomic E-state index is 0.177. The maximum Gasteiger partial charge on any atom is 0.257 e. The number of hydrogen-bond donors (Lipinski definition) is 4. The van der Waals surface area contributed by atoms with E-state index in [9.17, 15) is 9.59 Å². The van der Waals surface area contributed by atoms with E-state index in [1.54, 1.807) is 48.5 Å². The van der Waals surface area contributed by atoms with Gasteiger partial charge < -0.3 is 20.7 Å². The highest BCUT2D eigenvalue weighted by molar-refractivity contribution is 7.80. The zero-order valence-corrected chi connectivity index (χ0v) is 17.7. The number of carbonyl (C=O) groups is 2. The van der Waals surface area contributed by atoms with Crippen LogP contribution in [0.3, 0.4) is 0 Å². The van der Waals surface area contributed by atoms with E-state index in [2.05, 4.69) is 21.3 Å². The minimum atomic E-state index is -0.316. The second kappa shape index (κ2) is 11.1. The van der Waals surface area contributed by atoms with Crippen LogP contribution in [0, 0.1) is 0 Å². The molecule has 2 rings (SSSR count). The molecule has 0 atom stereocenters. The van der Waals surface area contributed by atoms with Gasteiger partial charge in [0.1, 0.15) is 5.75 Å². The number of benzene rings is 2. The highest BCUT2D eigenvalue weighted by Gasteiger charge is 2.08. The van der Waals surface area contributed by atoms with Gasteiger partial charge in [-0.25, -0.2) is 0 Å². The van der Waals surface area contributed by atoms with Crippen molar-refractivity contribution in [3.8, 4) is 5.75 Å². The SMILES string of the molecule is CCCOc1ccc(C(=O)NC(=S)Nc2ccc(NC(=S)NC(C)=O)cc2)cc1. The topological polar surface area (TPSA) is 91.5 Å². The molecular weight excluding hydrogens is 408 g/mol. The van der Waals surface area contributed by atoms with Crippen LogP contribution in [-0.2, 0) is 4.79 Å². The van der Waals surface area contributed by atoms with E-state index >= 15 is 0 Å². The Balaban J connectivity index is 1.85. The molecule has 9 heteroatoms. The molecule has 2 aromatic carbocycles. The van der Waals surface area contributed by atoms with Crippen LogP contribution in [0.2, 0.25) is 0 Å². The van der Waals surface area contributed by atoms with Crippen molar-refractivity contribution >= 4 is 57.8 Å². The first-order chi connectivity index (χ1) is 13.9. The first-order valence-corrected chi connectivity index (χ1v) is 9.73. The molecule has 152 valence electrons. The number of amides is 2. The van der Waals surface area contributed by atoms with Crippen molar-refractivity contribution in [3.05, 3.63) is 54.1 Å². The molecular formula is C20H22N4O3S2. The van der Waals surface area contributed by atoms with Gasteiger partial charge in [0.05, 0.1) is 6.61 Å². The molecule has 0 bridgehead atoms. The highest BCUT2D eigenvalue weighted by atomic mass is 32.1. The summed E-state index contributed by atoms with van der Waals surface area (Å²) < 4.78 is 5.50. The quantitative estimate of drug-likeness (QED) is 0.522. The van der Waals surface area contributed by atoms with Crippen LogP contribution in [0.4, 0.5) is 11.4 Å². The van der Waals surface area contributed by atoms with Crippen LogP contribution >= 0.6 is 24.4 Å². The number of thiocarbonyl (C=S) groups is 2. The Morgan fingerprint density at radius 2 is 1.38 bits per heavy atom. The van der Waals surface area contributed by atoms with Crippen molar-refractivity contribution < 1.29 is 14.3 Å². The Labute approximate surface area is 180 Å². The van der Waals surface area contributed by atoms with E-state index < -0.39 is 0 Å². The van der Waals surface area contributed by atoms with Gasteiger partial charge in [0.15, 0.2) is 10.2 Å². The van der Waals surface area contributed by atoms with E-state index in [1.807, 2.05) is 6.92 Å². The van der Waals surface area contributed by atoms with Crippen LogP contribution in [0.15, 0.2) is 48.5 Å². The third kappa shape index (κ3) is 7.84. The van der Waals surface area contributed by atoms with Crippen molar-refractivity contribution in [2.24, 2.45) is 0 Å². The molecule has 7 nitrogen and oxygen atoms in total. The molecule has 0 aliphatic heterocycles. The van der Waals surface area contributed by atoms with Gasteiger partial charge in [0.25, 0.3) is 5.91 Å². The number of hydrogen-bond acceptors (Lipinski definition) is 5. The smallest absolute Gasteiger partial charge is 0.257 e. The second-order valence-corrected chi connectivity index (χ2v) is 6.81. The van der Waals surface area contributed by atoms with E-state index in [1.165, 1.54) is 6.92 Å². The fourth-order valence-electron chi connectivity index (χ4n) is 2.22. The monoisotopic (exact) mass is 430 g/mol. The summed E-state index contributed by atoms with van der Waals surface area (Å²) in [5.41, 5.74) is 1.87. The van der Waals surface area contributed by atoms with Crippen LogP contribution in [0.1, 0.15) is 30.6 Å². The third-order valence-electron chi connectivity index (χ3n) is 3.51. The Hall–Kier alpha value is -3.04. The third-order valence-corrected chi connectivity index (χ3v) is 3.91. The van der Waals surface area contributed by atoms with Gasteiger partial charge in [-0.15, -0.1) is 0 Å². The predicted octanol–water partition coefficient (Wildman–Crippen LogP) is 3.44. The van der Waals surface area contributed by atoms with Crippen molar-refractivity contribution in [2.45, 2.75) is 20.3 Å². The standard InChI is InChI=1S/C20H22N4O3S2/c1-3-12-27-17-10-4-14(5-11-17)18(26)24-20(29)23-16-8-6-15(7-9-16)22-19(28)21-13(2)25/h4-11H,3,12H2,1-2H3,(H2,21,22,25,28)(H2,23,24,26,29). The summed E-state index contributed by atoms with van der Waals surface area (Å²) in [7, 11) is 0. The van der Waals surface area contributed by atoms with Crippen molar-refractivity contribution in [1.29, 1.82) is 0 Å². The van der Waals surface area contributed by atoms with Crippen molar-refractivity contribution in [3.63, 3.8) is 0 Å². The molecule has 29 heavy (non-hydrogen) atoms. The van der Waals surface area contributed by atoms with Crippen molar-refractivity contribution in [2.75, 3.05) is 17.2 Å². The zero-order valence-electron chi connectivity index (χ0n) is 16.1. The zero-order chi connectivity index (χ0) is 21.2. The van der Waals surface area contributed by atoms with Crippen LogP contribution in [-0.4, -0.2) is 28.6 Å². The van der Waals surface area contributed by atoms with E-state index in [0.717, 1.165) is 12.2 Å². The summed E-state index contributed by atoms with van der Waals surface area (Å²) in [5, 5.41) is 11.3. The fraction of sp³-hybridized carbons (Fsp3) is 0.200. The maximum absolute atomic E-state index is 12.3. The summed E-state index contributed by atoms with van der Waals surface area (Å²) in [6, 6.07) is 13.9. The molecule has 0 fully saturated rings. The molecule has 0 unspecified atom stereocenters. The lowest BCUT2D eigenvalue weighted by atomic mass is 10.2. The minimum Gasteiger partial charge on any atom is -0.494 e. The van der Waals surface area contributed by atoms with E-state index in [4.69, 9.17) is 29.2 Å². The van der Waals surface area contributed by atoms with Crippen molar-refractivity contribution in [1.82, 2.24) is 10.6 Å². The van der Waals surface area contributed by atoms with Crippen LogP contribution in [0.25, 0.3) is 0 Å². The summed E-state index contributed by atoms with van der Waals surface area (Å²) >= 11 is 10.2. The normalized spacial score (nSPS) is 9.86. The first-order valence-electron chi connectivity index (χ1n) is 8.91. The number of rotatable bonds is 6.